The average molecular weight is 422 g/mol. The van der Waals surface area contributed by atoms with Gasteiger partial charge in [-0.2, -0.15) is 0 Å². The van der Waals surface area contributed by atoms with E-state index in [4.69, 9.17) is 18.9 Å². The Morgan fingerprint density at radius 2 is 1.69 bits per heavy atom. The van der Waals surface area contributed by atoms with Crippen molar-refractivity contribution in [1.82, 2.24) is 9.80 Å². The van der Waals surface area contributed by atoms with Crippen molar-refractivity contribution in [3.8, 4) is 17.2 Å². The van der Waals surface area contributed by atoms with Crippen LogP contribution in [-0.4, -0.2) is 81.0 Å². The summed E-state index contributed by atoms with van der Waals surface area (Å²) in [6.45, 7) is 1.52. The number of ether oxygens (including phenoxy) is 4. The first-order valence-corrected chi connectivity index (χ1v) is 9.71. The molecule has 3 amide bonds. The molecular weight excluding hydrogens is 400 g/mol. The number of hydrogen-bond donors (Lipinski definition) is 0. The van der Waals surface area contributed by atoms with Crippen molar-refractivity contribution in [3.63, 3.8) is 0 Å². The van der Waals surface area contributed by atoms with Crippen LogP contribution in [0.25, 0.3) is 6.08 Å². The van der Waals surface area contributed by atoms with Crippen LogP contribution in [0, 0.1) is 0 Å². The van der Waals surface area contributed by atoms with Gasteiger partial charge in [0, 0.05) is 24.7 Å². The molecule has 2 aliphatic rings. The van der Waals surface area contributed by atoms with Gasteiger partial charge in [-0.25, -0.2) is 0 Å². The molecule has 1 aromatic rings. The SMILES string of the molecule is COc1cc(OC)c(OC)cc1/C=C1\SC(=O)N(CC(=O)N2CCOCC2)C1=O. The Labute approximate surface area is 172 Å². The molecule has 0 atom stereocenters. The third-order valence-corrected chi connectivity index (χ3v) is 5.46. The van der Waals surface area contributed by atoms with E-state index in [-0.39, 0.29) is 17.4 Å². The fraction of sp³-hybridized carbons (Fsp3) is 0.421. The third kappa shape index (κ3) is 4.48. The standard InChI is InChI=1S/C19H22N2O7S/c1-25-13-10-15(27-3)14(26-2)8-12(13)9-16-18(23)21(19(24)29-16)11-17(22)20-4-6-28-7-5-20/h8-10H,4-7,11H2,1-3H3/b16-9-. The number of morpholine rings is 1. The molecule has 0 radical (unpaired) electrons. The van der Waals surface area contributed by atoms with Crippen LogP contribution in [0.5, 0.6) is 17.2 Å². The van der Waals surface area contributed by atoms with Gasteiger partial charge in [-0.3, -0.25) is 19.3 Å². The molecule has 9 nitrogen and oxygen atoms in total. The molecule has 29 heavy (non-hydrogen) atoms. The van der Waals surface area contributed by atoms with Crippen molar-refractivity contribution in [3.05, 3.63) is 22.6 Å². The van der Waals surface area contributed by atoms with E-state index >= 15 is 0 Å². The molecule has 10 heteroatoms. The predicted molar refractivity (Wildman–Crippen MR) is 106 cm³/mol. The van der Waals surface area contributed by atoms with E-state index in [1.807, 2.05) is 0 Å². The maximum atomic E-state index is 12.7. The minimum absolute atomic E-state index is 0.204. The largest absolute Gasteiger partial charge is 0.496 e. The van der Waals surface area contributed by atoms with Gasteiger partial charge in [0.1, 0.15) is 12.3 Å². The molecule has 156 valence electrons. The lowest BCUT2D eigenvalue weighted by Crippen LogP contribution is -2.46. The number of imide groups is 1. The van der Waals surface area contributed by atoms with Gasteiger partial charge in [0.25, 0.3) is 11.1 Å². The van der Waals surface area contributed by atoms with Crippen molar-refractivity contribution in [2.45, 2.75) is 0 Å². The van der Waals surface area contributed by atoms with E-state index < -0.39 is 11.1 Å². The van der Waals surface area contributed by atoms with Crippen molar-refractivity contribution in [2.75, 3.05) is 54.2 Å². The Kier molecular flexibility index (Phi) is 6.65. The number of thioether (sulfide) groups is 1. The summed E-state index contributed by atoms with van der Waals surface area (Å²) in [6.07, 6.45) is 1.55. The van der Waals surface area contributed by atoms with Gasteiger partial charge >= 0.3 is 0 Å². The smallest absolute Gasteiger partial charge is 0.294 e. The zero-order chi connectivity index (χ0) is 21.0. The summed E-state index contributed by atoms with van der Waals surface area (Å²) in [5.41, 5.74) is 0.551. The van der Waals surface area contributed by atoms with E-state index in [0.29, 0.717) is 49.1 Å². The highest BCUT2D eigenvalue weighted by atomic mass is 32.2. The van der Waals surface area contributed by atoms with Gasteiger partial charge in [-0.15, -0.1) is 0 Å². The van der Waals surface area contributed by atoms with Crippen LogP contribution in [0.4, 0.5) is 4.79 Å². The first-order valence-electron chi connectivity index (χ1n) is 8.89. The zero-order valence-corrected chi connectivity index (χ0v) is 17.2. The Morgan fingerprint density at radius 1 is 1.07 bits per heavy atom. The Hall–Kier alpha value is -2.72. The van der Waals surface area contributed by atoms with Crippen LogP contribution in [0.3, 0.4) is 0 Å². The second-order valence-corrected chi connectivity index (χ2v) is 7.20. The van der Waals surface area contributed by atoms with Gasteiger partial charge < -0.3 is 23.8 Å². The van der Waals surface area contributed by atoms with E-state index in [1.165, 1.54) is 21.3 Å². The summed E-state index contributed by atoms with van der Waals surface area (Å²) in [7, 11) is 4.50. The summed E-state index contributed by atoms with van der Waals surface area (Å²) in [4.78, 5) is 40.2. The topological polar surface area (TPSA) is 94.6 Å². The molecular formula is C19H22N2O7S. The lowest BCUT2D eigenvalue weighted by Gasteiger charge is -2.28. The van der Waals surface area contributed by atoms with Crippen molar-refractivity contribution >= 4 is 34.9 Å². The van der Waals surface area contributed by atoms with Crippen LogP contribution < -0.4 is 14.2 Å². The zero-order valence-electron chi connectivity index (χ0n) is 16.4. The number of rotatable bonds is 6. The molecule has 2 saturated heterocycles. The van der Waals surface area contributed by atoms with E-state index in [2.05, 4.69) is 0 Å². The highest BCUT2D eigenvalue weighted by molar-refractivity contribution is 8.18. The lowest BCUT2D eigenvalue weighted by molar-refractivity contribution is -0.139. The lowest BCUT2D eigenvalue weighted by atomic mass is 10.1. The number of carbonyl (C=O) groups excluding carboxylic acids is 3. The molecule has 0 aromatic heterocycles. The van der Waals surface area contributed by atoms with Gasteiger partial charge in [0.05, 0.1) is 39.4 Å². The molecule has 0 aliphatic carbocycles. The maximum Gasteiger partial charge on any atom is 0.294 e. The molecule has 0 spiro atoms. The van der Waals surface area contributed by atoms with E-state index in [1.54, 1.807) is 23.1 Å². The molecule has 0 N–H and O–H groups in total. The number of methoxy groups -OCH3 is 3. The van der Waals surface area contributed by atoms with Gasteiger partial charge in [0.2, 0.25) is 5.91 Å². The molecule has 0 saturated carbocycles. The minimum atomic E-state index is -0.515. The van der Waals surface area contributed by atoms with Gasteiger partial charge in [-0.1, -0.05) is 0 Å². The van der Waals surface area contributed by atoms with Crippen molar-refractivity contribution in [1.29, 1.82) is 0 Å². The molecule has 2 aliphatic heterocycles. The van der Waals surface area contributed by atoms with Crippen LogP contribution in [-0.2, 0) is 14.3 Å². The Bertz CT molecular complexity index is 849. The van der Waals surface area contributed by atoms with E-state index in [9.17, 15) is 14.4 Å². The molecule has 2 fully saturated rings. The molecule has 3 rings (SSSR count). The third-order valence-electron chi connectivity index (χ3n) is 4.55. The predicted octanol–water partition coefficient (Wildman–Crippen LogP) is 1.61. The van der Waals surface area contributed by atoms with Crippen LogP contribution in [0.2, 0.25) is 0 Å². The first kappa shape index (κ1) is 21.0. The molecule has 2 heterocycles. The number of hydrogen-bond acceptors (Lipinski definition) is 8. The summed E-state index contributed by atoms with van der Waals surface area (Å²) in [5, 5.41) is -0.484. The number of amides is 3. The fourth-order valence-corrected chi connectivity index (χ4v) is 3.82. The second-order valence-electron chi connectivity index (χ2n) is 6.21. The number of nitrogens with zero attached hydrogens (tertiary/aromatic N) is 2. The summed E-state index contributed by atoms with van der Waals surface area (Å²) in [5.74, 6) is 0.602. The summed E-state index contributed by atoms with van der Waals surface area (Å²) in [6, 6.07) is 3.29. The Morgan fingerprint density at radius 3 is 2.31 bits per heavy atom. The highest BCUT2D eigenvalue weighted by Crippen LogP contribution is 2.38. The molecule has 0 bridgehead atoms. The fourth-order valence-electron chi connectivity index (χ4n) is 2.99. The molecule has 0 unspecified atom stereocenters. The van der Waals surface area contributed by atoms with Gasteiger partial charge in [-0.05, 0) is 23.9 Å². The van der Waals surface area contributed by atoms with Crippen LogP contribution >= 0.6 is 11.8 Å². The van der Waals surface area contributed by atoms with E-state index in [0.717, 1.165) is 16.7 Å². The first-order chi connectivity index (χ1) is 14.0. The number of benzene rings is 1. The monoisotopic (exact) mass is 422 g/mol. The highest BCUT2D eigenvalue weighted by Gasteiger charge is 2.37. The molecule has 1 aromatic carbocycles. The quantitative estimate of drug-likeness (QED) is 0.638. The normalized spacial score (nSPS) is 18.4. The Balaban J connectivity index is 1.81. The van der Waals surface area contributed by atoms with Crippen LogP contribution in [0.15, 0.2) is 17.0 Å². The maximum absolute atomic E-state index is 12.7. The number of carbonyl (C=O) groups is 3. The van der Waals surface area contributed by atoms with Crippen molar-refractivity contribution < 1.29 is 33.3 Å². The average Bonchev–Trinajstić information content (AvgIpc) is 3.01. The summed E-state index contributed by atoms with van der Waals surface area (Å²) < 4.78 is 21.1. The van der Waals surface area contributed by atoms with Gasteiger partial charge in [0.15, 0.2) is 11.5 Å². The summed E-state index contributed by atoms with van der Waals surface area (Å²) >= 11 is 0.783. The second kappa shape index (κ2) is 9.19. The van der Waals surface area contributed by atoms with Crippen LogP contribution in [0.1, 0.15) is 5.56 Å². The minimum Gasteiger partial charge on any atom is -0.496 e. The van der Waals surface area contributed by atoms with Crippen molar-refractivity contribution in [2.24, 2.45) is 0 Å².